The molecule has 0 bridgehead atoms. The van der Waals surface area contributed by atoms with E-state index in [-0.39, 0.29) is 0 Å². The van der Waals surface area contributed by atoms with E-state index in [4.69, 9.17) is 23.2 Å². The van der Waals surface area contributed by atoms with Gasteiger partial charge in [0, 0.05) is 0 Å². The topological polar surface area (TPSA) is 0 Å². The summed E-state index contributed by atoms with van der Waals surface area (Å²) >= 11 is 10.8. The van der Waals surface area contributed by atoms with Crippen LogP contribution >= 0.6 is 23.2 Å². The maximum absolute atomic E-state index is 5.39. The summed E-state index contributed by atoms with van der Waals surface area (Å²) in [6, 6.07) is 0. The fourth-order valence-electron chi connectivity index (χ4n) is 0.749. The summed E-state index contributed by atoms with van der Waals surface area (Å²) in [5.41, 5.74) is 0. The maximum Gasteiger partial charge on any atom is 0.106 e. The fraction of sp³-hybridized carbons (Fsp3) is 0.556. The lowest BCUT2D eigenvalue weighted by Crippen LogP contribution is -1.69. The molecule has 0 saturated carbocycles. The monoisotopic (exact) mass is 192 g/mol. The van der Waals surface area contributed by atoms with Crippen LogP contribution in [0.15, 0.2) is 22.7 Å². The molecule has 0 heterocycles. The smallest absolute Gasteiger partial charge is 0.0845 e. The van der Waals surface area contributed by atoms with Gasteiger partial charge in [-0.2, -0.15) is 0 Å². The molecule has 0 atom stereocenters. The Hall–Kier alpha value is 0.0600. The Morgan fingerprint density at radius 1 is 1.27 bits per heavy atom. The molecule has 0 aromatic carbocycles. The van der Waals surface area contributed by atoms with Crippen molar-refractivity contribution in [2.24, 2.45) is 0 Å². The zero-order valence-corrected chi connectivity index (χ0v) is 8.33. The van der Waals surface area contributed by atoms with Crippen molar-refractivity contribution in [3.8, 4) is 0 Å². The van der Waals surface area contributed by atoms with Gasteiger partial charge in [-0.05, 0) is 18.9 Å². The summed E-state index contributed by atoms with van der Waals surface area (Å²) in [4.78, 5) is 0. The molecule has 0 nitrogen and oxygen atoms in total. The van der Waals surface area contributed by atoms with Crippen molar-refractivity contribution in [3.05, 3.63) is 22.7 Å². The van der Waals surface area contributed by atoms with E-state index in [9.17, 15) is 0 Å². The largest absolute Gasteiger partial charge is 0.106 e. The predicted octanol–water partition coefficient (Wildman–Crippen LogP) is 4.44. The second-order valence-corrected chi connectivity index (χ2v) is 3.39. The van der Waals surface area contributed by atoms with Gasteiger partial charge in [-0.25, -0.2) is 0 Å². The van der Waals surface area contributed by atoms with Crippen LogP contribution in [-0.4, -0.2) is 0 Å². The van der Waals surface area contributed by atoms with Crippen LogP contribution in [0.4, 0.5) is 0 Å². The second kappa shape index (κ2) is 8.16. The number of unbranched alkanes of at least 4 members (excludes halogenated alkanes) is 3. The Morgan fingerprint density at radius 3 is 2.55 bits per heavy atom. The van der Waals surface area contributed by atoms with Gasteiger partial charge < -0.3 is 0 Å². The zero-order valence-electron chi connectivity index (χ0n) is 6.82. The number of rotatable bonds is 5. The third kappa shape index (κ3) is 10.1. The van der Waals surface area contributed by atoms with E-state index in [2.05, 4.69) is 13.0 Å². The van der Waals surface area contributed by atoms with Crippen molar-refractivity contribution in [1.82, 2.24) is 0 Å². The van der Waals surface area contributed by atoms with Crippen LogP contribution in [-0.2, 0) is 0 Å². The van der Waals surface area contributed by atoms with Crippen molar-refractivity contribution in [3.63, 3.8) is 0 Å². The first-order chi connectivity index (χ1) is 5.27. The number of hydrogen-bond donors (Lipinski definition) is 0. The Balaban J connectivity index is 3.23. The molecule has 0 spiro atoms. The van der Waals surface area contributed by atoms with Crippen molar-refractivity contribution in [1.29, 1.82) is 0 Å². The van der Waals surface area contributed by atoms with Gasteiger partial charge in [0.05, 0.1) is 0 Å². The highest BCUT2D eigenvalue weighted by atomic mass is 35.5. The van der Waals surface area contributed by atoms with Crippen molar-refractivity contribution < 1.29 is 0 Å². The molecule has 2 heteroatoms. The molecule has 0 aromatic heterocycles. The van der Waals surface area contributed by atoms with Crippen molar-refractivity contribution >= 4 is 23.2 Å². The molecule has 11 heavy (non-hydrogen) atoms. The van der Waals surface area contributed by atoms with Crippen LogP contribution in [0.1, 0.15) is 32.6 Å². The van der Waals surface area contributed by atoms with Gasteiger partial charge in [0.1, 0.15) is 4.49 Å². The first-order valence-electron chi connectivity index (χ1n) is 3.95. The molecule has 0 fully saturated rings. The van der Waals surface area contributed by atoms with Crippen LogP contribution in [0.5, 0.6) is 0 Å². The lowest BCUT2D eigenvalue weighted by molar-refractivity contribution is 0.729. The van der Waals surface area contributed by atoms with Crippen LogP contribution in [0.25, 0.3) is 0 Å². The number of allylic oxidation sites excluding steroid dienone is 3. The lowest BCUT2D eigenvalue weighted by Gasteiger charge is -1.89. The Morgan fingerprint density at radius 2 is 2.00 bits per heavy atom. The Labute approximate surface area is 78.9 Å². The SMILES string of the molecule is CCCCCC=CC=C(Cl)Cl. The molecule has 0 unspecified atom stereocenters. The average Bonchev–Trinajstić information content (AvgIpc) is 1.96. The lowest BCUT2D eigenvalue weighted by atomic mass is 10.2. The summed E-state index contributed by atoms with van der Waals surface area (Å²) in [7, 11) is 0. The zero-order chi connectivity index (χ0) is 8.53. The predicted molar refractivity (Wildman–Crippen MR) is 53.1 cm³/mol. The van der Waals surface area contributed by atoms with Gasteiger partial charge in [-0.15, -0.1) is 0 Å². The van der Waals surface area contributed by atoms with E-state index < -0.39 is 0 Å². The molecule has 0 radical (unpaired) electrons. The molecule has 0 rings (SSSR count). The molecule has 0 amide bonds. The quantitative estimate of drug-likeness (QED) is 0.447. The molecular formula is C9H14Cl2. The highest BCUT2D eigenvalue weighted by molar-refractivity contribution is 6.55. The van der Waals surface area contributed by atoms with Gasteiger partial charge in [-0.3, -0.25) is 0 Å². The highest BCUT2D eigenvalue weighted by Gasteiger charge is 1.80. The minimum Gasteiger partial charge on any atom is -0.0845 e. The molecule has 0 saturated heterocycles. The van der Waals surface area contributed by atoms with Crippen LogP contribution in [0.2, 0.25) is 0 Å². The number of hydrogen-bond acceptors (Lipinski definition) is 0. The number of halogens is 2. The summed E-state index contributed by atoms with van der Waals surface area (Å²) in [6.45, 7) is 2.19. The van der Waals surface area contributed by atoms with Gasteiger partial charge in [-0.1, -0.05) is 55.1 Å². The first-order valence-corrected chi connectivity index (χ1v) is 4.70. The third-order valence-electron chi connectivity index (χ3n) is 1.33. The summed E-state index contributed by atoms with van der Waals surface area (Å²) in [6.07, 6.45) is 10.6. The van der Waals surface area contributed by atoms with E-state index >= 15 is 0 Å². The molecular weight excluding hydrogens is 179 g/mol. The standard InChI is InChI=1S/C9H14Cl2/c1-2-3-4-5-6-7-8-9(10)11/h6-8H,2-5H2,1H3. The van der Waals surface area contributed by atoms with E-state index in [0.29, 0.717) is 4.49 Å². The molecule has 0 N–H and O–H groups in total. The minimum absolute atomic E-state index is 0.316. The van der Waals surface area contributed by atoms with E-state index in [1.54, 1.807) is 6.08 Å². The van der Waals surface area contributed by atoms with Crippen LogP contribution in [0, 0.1) is 0 Å². The van der Waals surface area contributed by atoms with E-state index in [1.165, 1.54) is 19.3 Å². The molecule has 0 aliphatic carbocycles. The van der Waals surface area contributed by atoms with Crippen molar-refractivity contribution in [2.75, 3.05) is 0 Å². The molecule has 0 aliphatic heterocycles. The summed E-state index contributed by atoms with van der Waals surface area (Å²) < 4.78 is 0.316. The van der Waals surface area contributed by atoms with Gasteiger partial charge in [0.15, 0.2) is 0 Å². The first kappa shape index (κ1) is 11.1. The van der Waals surface area contributed by atoms with Crippen LogP contribution in [0.3, 0.4) is 0 Å². The van der Waals surface area contributed by atoms with Gasteiger partial charge in [0.25, 0.3) is 0 Å². The summed E-state index contributed by atoms with van der Waals surface area (Å²) in [5, 5.41) is 0. The van der Waals surface area contributed by atoms with Crippen molar-refractivity contribution in [2.45, 2.75) is 32.6 Å². The molecule has 0 aromatic rings. The van der Waals surface area contributed by atoms with E-state index in [1.807, 2.05) is 6.08 Å². The Bertz CT molecular complexity index is 132. The second-order valence-electron chi connectivity index (χ2n) is 2.38. The average molecular weight is 193 g/mol. The van der Waals surface area contributed by atoms with Crippen LogP contribution < -0.4 is 0 Å². The maximum atomic E-state index is 5.39. The normalized spacial score (nSPS) is 10.5. The van der Waals surface area contributed by atoms with E-state index in [0.717, 1.165) is 6.42 Å². The molecule has 64 valence electrons. The summed E-state index contributed by atoms with van der Waals surface area (Å²) in [5.74, 6) is 0. The Kier molecular flexibility index (Phi) is 8.20. The third-order valence-corrected chi connectivity index (χ3v) is 1.58. The minimum atomic E-state index is 0.316. The fourth-order valence-corrected chi connectivity index (χ4v) is 0.895. The molecule has 0 aliphatic rings. The van der Waals surface area contributed by atoms with Gasteiger partial charge >= 0.3 is 0 Å². The van der Waals surface area contributed by atoms with Gasteiger partial charge in [0.2, 0.25) is 0 Å². The highest BCUT2D eigenvalue weighted by Crippen LogP contribution is 2.06.